The standard InChI is InChI=1S/C31H34ClN3O6/c1-3-40-30(37)25-10-14-27(15-11-25)33-31(38)35-18-16-34(17-19-35)20-28(23-8-12-26(32)13-9-23)41-21-22-4-6-24(7-5-22)29(36)39-2/h4-15,28H,3,16-21H2,1-2H3,(H,33,38)/t28-/m1/s1. The number of carbonyl (C=O) groups excluding carboxylic acids is 3. The number of benzene rings is 3. The molecule has 0 saturated carbocycles. The van der Waals surface area contributed by atoms with Crippen molar-refractivity contribution >= 4 is 35.3 Å². The van der Waals surface area contributed by atoms with E-state index in [0.717, 1.165) is 11.1 Å². The van der Waals surface area contributed by atoms with Crippen LogP contribution in [0.5, 0.6) is 0 Å². The average Bonchev–Trinajstić information content (AvgIpc) is 3.00. The number of urea groups is 1. The van der Waals surface area contributed by atoms with E-state index in [2.05, 4.69) is 10.2 Å². The number of hydrogen-bond donors (Lipinski definition) is 1. The number of methoxy groups -OCH3 is 1. The summed E-state index contributed by atoms with van der Waals surface area (Å²) < 4.78 is 16.1. The molecule has 0 spiro atoms. The summed E-state index contributed by atoms with van der Waals surface area (Å²) in [5, 5.41) is 3.55. The maximum atomic E-state index is 12.9. The number of ether oxygens (including phenoxy) is 3. The van der Waals surface area contributed by atoms with Gasteiger partial charge in [0.05, 0.1) is 37.6 Å². The second kappa shape index (κ2) is 14.6. The SMILES string of the molecule is CCOC(=O)c1ccc(NC(=O)N2CCN(C[C@@H](OCc3ccc(C(=O)OC)cc3)c3ccc(Cl)cc3)CC2)cc1. The van der Waals surface area contributed by atoms with Crippen molar-refractivity contribution in [3.05, 3.63) is 100 Å². The van der Waals surface area contributed by atoms with Gasteiger partial charge in [0.1, 0.15) is 0 Å². The Kier molecular flexibility index (Phi) is 10.7. The van der Waals surface area contributed by atoms with E-state index >= 15 is 0 Å². The van der Waals surface area contributed by atoms with Crippen molar-refractivity contribution in [2.75, 3.05) is 51.8 Å². The summed E-state index contributed by atoms with van der Waals surface area (Å²) in [5.74, 6) is -0.768. The Morgan fingerprint density at radius 1 is 0.854 bits per heavy atom. The van der Waals surface area contributed by atoms with Gasteiger partial charge in [0, 0.05) is 43.4 Å². The van der Waals surface area contributed by atoms with Gasteiger partial charge in [0.2, 0.25) is 0 Å². The van der Waals surface area contributed by atoms with E-state index in [1.54, 1.807) is 48.2 Å². The van der Waals surface area contributed by atoms with Crippen LogP contribution in [0.2, 0.25) is 5.02 Å². The second-order valence-electron chi connectivity index (χ2n) is 9.56. The van der Waals surface area contributed by atoms with Gasteiger partial charge in [-0.05, 0) is 66.6 Å². The molecule has 10 heteroatoms. The summed E-state index contributed by atoms with van der Waals surface area (Å²) in [6, 6.07) is 21.2. The zero-order valence-corrected chi connectivity index (χ0v) is 23.9. The van der Waals surface area contributed by atoms with Crippen molar-refractivity contribution in [2.24, 2.45) is 0 Å². The van der Waals surface area contributed by atoms with Gasteiger partial charge >= 0.3 is 18.0 Å². The zero-order chi connectivity index (χ0) is 29.2. The summed E-state index contributed by atoms with van der Waals surface area (Å²) in [5.41, 5.74) is 3.48. The molecule has 3 aromatic rings. The van der Waals surface area contributed by atoms with Crippen LogP contribution in [0.25, 0.3) is 0 Å². The molecule has 2 amide bonds. The molecule has 0 aromatic heterocycles. The lowest BCUT2D eigenvalue weighted by atomic mass is 10.1. The van der Waals surface area contributed by atoms with Crippen LogP contribution in [-0.2, 0) is 20.8 Å². The van der Waals surface area contributed by atoms with Gasteiger partial charge in [-0.1, -0.05) is 35.9 Å². The maximum absolute atomic E-state index is 12.9. The monoisotopic (exact) mass is 579 g/mol. The minimum absolute atomic E-state index is 0.186. The number of rotatable bonds is 10. The fourth-order valence-corrected chi connectivity index (χ4v) is 4.58. The van der Waals surface area contributed by atoms with E-state index in [1.165, 1.54) is 7.11 Å². The minimum Gasteiger partial charge on any atom is -0.465 e. The molecular formula is C31H34ClN3O6. The van der Waals surface area contributed by atoms with Gasteiger partial charge < -0.3 is 24.4 Å². The third-order valence-electron chi connectivity index (χ3n) is 6.80. The molecule has 1 atom stereocenters. The number of carbonyl (C=O) groups is 3. The van der Waals surface area contributed by atoms with E-state index in [-0.39, 0.29) is 24.1 Å². The summed E-state index contributed by atoms with van der Waals surface area (Å²) >= 11 is 6.12. The molecule has 1 heterocycles. The van der Waals surface area contributed by atoms with E-state index in [0.29, 0.717) is 67.8 Å². The number of amides is 2. The molecule has 0 unspecified atom stereocenters. The van der Waals surface area contributed by atoms with Crippen LogP contribution in [0.1, 0.15) is 44.9 Å². The van der Waals surface area contributed by atoms with Gasteiger partial charge in [-0.15, -0.1) is 0 Å². The molecule has 1 aliphatic heterocycles. The molecule has 0 aliphatic carbocycles. The summed E-state index contributed by atoms with van der Waals surface area (Å²) in [6.45, 7) is 5.59. The molecule has 41 heavy (non-hydrogen) atoms. The van der Waals surface area contributed by atoms with Crippen LogP contribution in [0.4, 0.5) is 10.5 Å². The Bertz CT molecular complexity index is 1310. The van der Waals surface area contributed by atoms with Gasteiger partial charge in [0.25, 0.3) is 0 Å². The Labute approximate surface area is 244 Å². The van der Waals surface area contributed by atoms with Crippen LogP contribution < -0.4 is 5.32 Å². The van der Waals surface area contributed by atoms with Crippen molar-refractivity contribution in [1.82, 2.24) is 9.80 Å². The van der Waals surface area contributed by atoms with Crippen molar-refractivity contribution in [3.8, 4) is 0 Å². The van der Waals surface area contributed by atoms with Gasteiger partial charge in [0.15, 0.2) is 0 Å². The topological polar surface area (TPSA) is 97.4 Å². The van der Waals surface area contributed by atoms with Crippen LogP contribution >= 0.6 is 11.6 Å². The highest BCUT2D eigenvalue weighted by molar-refractivity contribution is 6.30. The molecule has 1 fully saturated rings. The minimum atomic E-state index is -0.390. The van der Waals surface area contributed by atoms with Crippen molar-refractivity contribution in [1.29, 1.82) is 0 Å². The number of anilines is 1. The average molecular weight is 580 g/mol. The third kappa shape index (κ3) is 8.53. The molecule has 216 valence electrons. The molecule has 1 saturated heterocycles. The summed E-state index contributed by atoms with van der Waals surface area (Å²) in [6.07, 6.45) is -0.217. The molecule has 1 N–H and O–H groups in total. The van der Waals surface area contributed by atoms with Gasteiger partial charge in [-0.25, -0.2) is 14.4 Å². The quantitative estimate of drug-likeness (QED) is 0.321. The first-order valence-electron chi connectivity index (χ1n) is 13.5. The molecule has 9 nitrogen and oxygen atoms in total. The number of hydrogen-bond acceptors (Lipinski definition) is 7. The lowest BCUT2D eigenvalue weighted by molar-refractivity contribution is 0.00592. The van der Waals surface area contributed by atoms with Crippen molar-refractivity contribution in [2.45, 2.75) is 19.6 Å². The fraction of sp³-hybridized carbons (Fsp3) is 0.323. The highest BCUT2D eigenvalue weighted by Crippen LogP contribution is 2.24. The Hall–Kier alpha value is -3.92. The van der Waals surface area contributed by atoms with E-state index < -0.39 is 0 Å². The Morgan fingerprint density at radius 2 is 1.46 bits per heavy atom. The van der Waals surface area contributed by atoms with Crippen LogP contribution in [0, 0.1) is 0 Å². The van der Waals surface area contributed by atoms with E-state index in [9.17, 15) is 14.4 Å². The maximum Gasteiger partial charge on any atom is 0.338 e. The first-order chi connectivity index (χ1) is 19.9. The second-order valence-corrected chi connectivity index (χ2v) is 9.99. The van der Waals surface area contributed by atoms with Gasteiger partial charge in [-0.3, -0.25) is 4.90 Å². The zero-order valence-electron chi connectivity index (χ0n) is 23.2. The van der Waals surface area contributed by atoms with Crippen LogP contribution in [-0.4, -0.2) is 74.2 Å². The summed E-state index contributed by atoms with van der Waals surface area (Å²) in [4.78, 5) is 40.5. The smallest absolute Gasteiger partial charge is 0.338 e. The van der Waals surface area contributed by atoms with E-state index in [1.807, 2.05) is 36.4 Å². The van der Waals surface area contributed by atoms with Crippen molar-refractivity contribution in [3.63, 3.8) is 0 Å². The van der Waals surface area contributed by atoms with Crippen molar-refractivity contribution < 1.29 is 28.6 Å². The summed E-state index contributed by atoms with van der Waals surface area (Å²) in [7, 11) is 1.36. The Morgan fingerprint density at radius 3 is 2.07 bits per heavy atom. The molecule has 0 radical (unpaired) electrons. The predicted octanol–water partition coefficient (Wildman–Crippen LogP) is 5.41. The largest absolute Gasteiger partial charge is 0.465 e. The molecule has 4 rings (SSSR count). The fourth-order valence-electron chi connectivity index (χ4n) is 4.46. The molecule has 1 aliphatic rings. The third-order valence-corrected chi connectivity index (χ3v) is 7.05. The lowest BCUT2D eigenvalue weighted by Crippen LogP contribution is -2.50. The normalized spacial score (nSPS) is 14.3. The molecule has 0 bridgehead atoms. The highest BCUT2D eigenvalue weighted by atomic mass is 35.5. The lowest BCUT2D eigenvalue weighted by Gasteiger charge is -2.36. The van der Waals surface area contributed by atoms with E-state index in [4.69, 9.17) is 25.8 Å². The molecule has 3 aromatic carbocycles. The first kappa shape index (κ1) is 30.0. The number of piperazine rings is 1. The predicted molar refractivity (Wildman–Crippen MR) is 156 cm³/mol. The van der Waals surface area contributed by atoms with Crippen LogP contribution in [0.15, 0.2) is 72.8 Å². The first-order valence-corrected chi connectivity index (χ1v) is 13.8. The number of halogens is 1. The highest BCUT2D eigenvalue weighted by Gasteiger charge is 2.24. The Balaban J connectivity index is 1.31. The van der Waals surface area contributed by atoms with Gasteiger partial charge in [-0.2, -0.15) is 0 Å². The van der Waals surface area contributed by atoms with Crippen LogP contribution in [0.3, 0.4) is 0 Å². The number of nitrogens with zero attached hydrogens (tertiary/aromatic N) is 2. The number of nitrogens with one attached hydrogen (secondary N) is 1. The molecular weight excluding hydrogens is 546 g/mol. The number of esters is 2.